The highest BCUT2D eigenvalue weighted by Crippen LogP contribution is 2.11. The Hall–Kier alpha value is -0.910. The van der Waals surface area contributed by atoms with Crippen LogP contribution in [0.15, 0.2) is 29.2 Å². The third-order valence-corrected chi connectivity index (χ3v) is 5.61. The molecule has 0 radical (unpaired) electrons. The van der Waals surface area contributed by atoms with E-state index in [4.69, 9.17) is 0 Å². The van der Waals surface area contributed by atoms with Crippen molar-refractivity contribution in [2.45, 2.75) is 57.8 Å². The molecule has 0 spiro atoms. The van der Waals surface area contributed by atoms with Crippen molar-refractivity contribution in [1.82, 2.24) is 10.0 Å². The van der Waals surface area contributed by atoms with Crippen molar-refractivity contribution in [2.75, 3.05) is 19.6 Å². The molecule has 1 rings (SSSR count). The van der Waals surface area contributed by atoms with Crippen LogP contribution in [0, 0.1) is 12.8 Å². The zero-order chi connectivity index (χ0) is 17.1. The highest BCUT2D eigenvalue weighted by Gasteiger charge is 2.12. The van der Waals surface area contributed by atoms with Crippen LogP contribution < -0.4 is 10.0 Å². The molecule has 0 saturated heterocycles. The van der Waals surface area contributed by atoms with Gasteiger partial charge in [0.15, 0.2) is 0 Å². The molecule has 4 nitrogen and oxygen atoms in total. The van der Waals surface area contributed by atoms with Gasteiger partial charge in [-0.1, -0.05) is 50.8 Å². The van der Waals surface area contributed by atoms with E-state index >= 15 is 0 Å². The molecule has 23 heavy (non-hydrogen) atoms. The van der Waals surface area contributed by atoms with Crippen molar-refractivity contribution in [3.05, 3.63) is 29.8 Å². The van der Waals surface area contributed by atoms with Crippen molar-refractivity contribution in [3.63, 3.8) is 0 Å². The normalized spacial score (nSPS) is 13.2. The summed E-state index contributed by atoms with van der Waals surface area (Å²) in [5.41, 5.74) is 1.06. The first-order valence-corrected chi connectivity index (χ1v) is 10.2. The topological polar surface area (TPSA) is 58.2 Å². The van der Waals surface area contributed by atoms with Gasteiger partial charge in [-0.25, -0.2) is 13.1 Å². The molecule has 5 heteroatoms. The Balaban J connectivity index is 2.22. The molecular formula is C18H32N2O2S. The van der Waals surface area contributed by atoms with Crippen LogP contribution in [0.1, 0.15) is 51.5 Å². The number of hydrogen-bond donors (Lipinski definition) is 2. The second-order valence-electron chi connectivity index (χ2n) is 6.19. The summed E-state index contributed by atoms with van der Waals surface area (Å²) in [5.74, 6) is 0.735. The van der Waals surface area contributed by atoms with Crippen LogP contribution in [0.4, 0.5) is 0 Å². The number of benzene rings is 1. The van der Waals surface area contributed by atoms with Crippen molar-refractivity contribution in [3.8, 4) is 0 Å². The Kier molecular flexibility index (Phi) is 9.44. The second kappa shape index (κ2) is 10.8. The third kappa shape index (κ3) is 7.95. The van der Waals surface area contributed by atoms with Gasteiger partial charge in [-0.2, -0.15) is 0 Å². The van der Waals surface area contributed by atoms with Gasteiger partial charge in [0.25, 0.3) is 0 Å². The minimum Gasteiger partial charge on any atom is -0.316 e. The summed E-state index contributed by atoms with van der Waals surface area (Å²) >= 11 is 0. The first-order chi connectivity index (χ1) is 11.0. The van der Waals surface area contributed by atoms with Gasteiger partial charge in [0, 0.05) is 6.54 Å². The van der Waals surface area contributed by atoms with Crippen molar-refractivity contribution < 1.29 is 8.42 Å². The molecule has 0 amide bonds. The number of hydrogen-bond acceptors (Lipinski definition) is 3. The van der Waals surface area contributed by atoms with Gasteiger partial charge in [-0.05, 0) is 50.9 Å². The molecule has 0 aliphatic rings. The summed E-state index contributed by atoms with van der Waals surface area (Å²) in [6.07, 6.45) is 5.82. The number of sulfonamides is 1. The third-order valence-electron chi connectivity index (χ3n) is 4.13. The number of aryl methyl sites for hydroxylation is 1. The van der Waals surface area contributed by atoms with Gasteiger partial charge in [0.2, 0.25) is 10.0 Å². The molecule has 132 valence electrons. The van der Waals surface area contributed by atoms with E-state index in [1.54, 1.807) is 12.1 Å². The molecule has 1 aromatic carbocycles. The lowest BCUT2D eigenvalue weighted by Crippen LogP contribution is -2.29. The standard InChI is InChI=1S/C18H32N2O2S/c1-4-6-8-17(5-2)15-19-13-7-14-20-23(21,22)18-11-9-16(3)10-12-18/h9-12,17,19-20H,4-8,13-15H2,1-3H3. The quantitative estimate of drug-likeness (QED) is 0.573. The monoisotopic (exact) mass is 340 g/mol. The molecule has 0 aliphatic carbocycles. The van der Waals surface area contributed by atoms with E-state index in [9.17, 15) is 8.42 Å². The molecule has 0 heterocycles. The largest absolute Gasteiger partial charge is 0.316 e. The lowest BCUT2D eigenvalue weighted by atomic mass is 9.99. The molecule has 0 saturated carbocycles. The van der Waals surface area contributed by atoms with Crippen molar-refractivity contribution >= 4 is 10.0 Å². The van der Waals surface area contributed by atoms with Crippen molar-refractivity contribution in [2.24, 2.45) is 5.92 Å². The Morgan fingerprint density at radius 3 is 2.35 bits per heavy atom. The molecule has 0 bridgehead atoms. The number of rotatable bonds is 12. The zero-order valence-corrected chi connectivity index (χ0v) is 15.6. The molecule has 1 aromatic rings. The summed E-state index contributed by atoms with van der Waals surface area (Å²) in [6.45, 7) is 8.74. The average molecular weight is 341 g/mol. The summed E-state index contributed by atoms with van der Waals surface area (Å²) < 4.78 is 26.9. The van der Waals surface area contributed by atoms with E-state index in [1.165, 1.54) is 25.7 Å². The van der Waals surface area contributed by atoms with Gasteiger partial charge in [0.05, 0.1) is 4.90 Å². The Bertz CT molecular complexity index is 526. The van der Waals surface area contributed by atoms with E-state index in [0.717, 1.165) is 31.0 Å². The van der Waals surface area contributed by atoms with Gasteiger partial charge in [-0.3, -0.25) is 0 Å². The highest BCUT2D eigenvalue weighted by atomic mass is 32.2. The Labute approximate surface area is 142 Å². The van der Waals surface area contributed by atoms with E-state index in [0.29, 0.717) is 11.4 Å². The molecule has 2 N–H and O–H groups in total. The van der Waals surface area contributed by atoms with E-state index in [2.05, 4.69) is 23.9 Å². The highest BCUT2D eigenvalue weighted by molar-refractivity contribution is 7.89. The molecule has 1 atom stereocenters. The van der Waals surface area contributed by atoms with Gasteiger partial charge in [0.1, 0.15) is 0 Å². The summed E-state index contributed by atoms with van der Waals surface area (Å²) in [5, 5.41) is 3.44. The lowest BCUT2D eigenvalue weighted by Gasteiger charge is -2.15. The maximum atomic E-state index is 12.1. The van der Waals surface area contributed by atoms with Gasteiger partial charge < -0.3 is 5.32 Å². The maximum absolute atomic E-state index is 12.1. The van der Waals surface area contributed by atoms with E-state index < -0.39 is 10.0 Å². The molecule has 0 aromatic heterocycles. The van der Waals surface area contributed by atoms with Gasteiger partial charge >= 0.3 is 0 Å². The molecule has 0 aliphatic heterocycles. The minimum atomic E-state index is -3.38. The van der Waals surface area contributed by atoms with Crippen LogP contribution >= 0.6 is 0 Å². The van der Waals surface area contributed by atoms with Crippen LogP contribution in [0.3, 0.4) is 0 Å². The van der Waals surface area contributed by atoms with Crippen LogP contribution in [0.5, 0.6) is 0 Å². The van der Waals surface area contributed by atoms with Gasteiger partial charge in [-0.15, -0.1) is 0 Å². The Morgan fingerprint density at radius 2 is 1.74 bits per heavy atom. The average Bonchev–Trinajstić information content (AvgIpc) is 2.54. The zero-order valence-electron chi connectivity index (χ0n) is 14.8. The molecule has 1 unspecified atom stereocenters. The fourth-order valence-corrected chi connectivity index (χ4v) is 3.54. The Morgan fingerprint density at radius 1 is 1.04 bits per heavy atom. The fourth-order valence-electron chi connectivity index (χ4n) is 2.47. The lowest BCUT2D eigenvalue weighted by molar-refractivity contribution is 0.418. The fraction of sp³-hybridized carbons (Fsp3) is 0.667. The predicted octanol–water partition coefficient (Wildman–Crippen LogP) is 3.47. The van der Waals surface area contributed by atoms with E-state index in [1.807, 2.05) is 19.1 Å². The predicted molar refractivity (Wildman–Crippen MR) is 97.2 cm³/mol. The maximum Gasteiger partial charge on any atom is 0.240 e. The summed E-state index contributed by atoms with van der Waals surface area (Å²) in [7, 11) is -3.38. The van der Waals surface area contributed by atoms with E-state index in [-0.39, 0.29) is 0 Å². The minimum absolute atomic E-state index is 0.335. The molecule has 0 fully saturated rings. The van der Waals surface area contributed by atoms with Crippen LogP contribution in [-0.4, -0.2) is 28.1 Å². The molecular weight excluding hydrogens is 308 g/mol. The number of unbranched alkanes of at least 4 members (excludes halogenated alkanes) is 1. The van der Waals surface area contributed by atoms with Crippen LogP contribution in [0.25, 0.3) is 0 Å². The first kappa shape index (κ1) is 20.1. The first-order valence-electron chi connectivity index (χ1n) is 8.76. The van der Waals surface area contributed by atoms with Crippen LogP contribution in [-0.2, 0) is 10.0 Å². The summed E-state index contributed by atoms with van der Waals surface area (Å²) in [4.78, 5) is 0.335. The number of nitrogens with one attached hydrogen (secondary N) is 2. The van der Waals surface area contributed by atoms with Crippen molar-refractivity contribution in [1.29, 1.82) is 0 Å². The SMILES string of the molecule is CCCCC(CC)CNCCCNS(=O)(=O)c1ccc(C)cc1. The second-order valence-corrected chi connectivity index (χ2v) is 7.95. The summed E-state index contributed by atoms with van der Waals surface area (Å²) in [6, 6.07) is 6.93. The smallest absolute Gasteiger partial charge is 0.240 e. The van der Waals surface area contributed by atoms with Crippen LogP contribution in [0.2, 0.25) is 0 Å².